The monoisotopic (exact) mass is 446 g/mol. The fourth-order valence-corrected chi connectivity index (χ4v) is 3.05. The van der Waals surface area contributed by atoms with Crippen molar-refractivity contribution in [3.05, 3.63) is 42.0 Å². The number of benzene rings is 1. The predicted molar refractivity (Wildman–Crippen MR) is 127 cm³/mol. The minimum absolute atomic E-state index is 0.294. The molecule has 0 amide bonds. The van der Waals surface area contributed by atoms with Crippen LogP contribution in [0.25, 0.3) is 6.08 Å². The fraction of sp³-hybridized carbons (Fsp3) is 0.538. The minimum Gasteiger partial charge on any atom is -0.493 e. The number of carbonyl (C=O) groups is 2. The molecule has 0 saturated carbocycles. The Morgan fingerprint density at radius 1 is 0.875 bits per heavy atom. The summed E-state index contributed by atoms with van der Waals surface area (Å²) in [7, 11) is 2.95. The van der Waals surface area contributed by atoms with Gasteiger partial charge in [0.15, 0.2) is 11.5 Å². The first kappa shape index (κ1) is 27.3. The number of ether oxygens (including phenoxy) is 4. The van der Waals surface area contributed by atoms with Gasteiger partial charge < -0.3 is 18.9 Å². The summed E-state index contributed by atoms with van der Waals surface area (Å²) in [6.07, 6.45) is 13.3. The highest BCUT2D eigenvalue weighted by atomic mass is 16.5. The van der Waals surface area contributed by atoms with Gasteiger partial charge in [-0.2, -0.15) is 0 Å². The molecule has 6 nitrogen and oxygen atoms in total. The summed E-state index contributed by atoms with van der Waals surface area (Å²) in [6, 6.07) is 5.57. The number of esters is 2. The first-order valence-electron chi connectivity index (χ1n) is 11.4. The van der Waals surface area contributed by atoms with Gasteiger partial charge in [0, 0.05) is 11.6 Å². The van der Waals surface area contributed by atoms with Gasteiger partial charge in [-0.3, -0.25) is 0 Å². The van der Waals surface area contributed by atoms with Crippen molar-refractivity contribution >= 4 is 18.0 Å². The molecule has 0 atom stereocenters. The summed E-state index contributed by atoms with van der Waals surface area (Å²) < 4.78 is 20.9. The molecule has 0 aliphatic heterocycles. The van der Waals surface area contributed by atoms with Gasteiger partial charge in [0.25, 0.3) is 0 Å². The molecule has 0 N–H and O–H groups in total. The maximum absolute atomic E-state index is 11.3. The second-order valence-electron chi connectivity index (χ2n) is 7.71. The van der Waals surface area contributed by atoms with Gasteiger partial charge in [-0.25, -0.2) is 9.59 Å². The fourth-order valence-electron chi connectivity index (χ4n) is 3.05. The molecule has 0 spiro atoms. The van der Waals surface area contributed by atoms with Gasteiger partial charge in [0.1, 0.15) is 0 Å². The SMILES string of the molecule is C=C(C)C(=O)OCCCCCCCCCCCOc1ccc(C=CC(=O)OC)cc1OC. The third kappa shape index (κ3) is 12.2. The highest BCUT2D eigenvalue weighted by Gasteiger charge is 2.05. The van der Waals surface area contributed by atoms with Gasteiger partial charge in [0.05, 0.1) is 27.4 Å². The second-order valence-corrected chi connectivity index (χ2v) is 7.71. The van der Waals surface area contributed by atoms with E-state index in [4.69, 9.17) is 14.2 Å². The lowest BCUT2D eigenvalue weighted by atomic mass is 10.1. The Labute approximate surface area is 192 Å². The zero-order valence-electron chi connectivity index (χ0n) is 19.8. The summed E-state index contributed by atoms with van der Waals surface area (Å²) in [6.45, 7) is 6.37. The van der Waals surface area contributed by atoms with E-state index in [1.165, 1.54) is 45.3 Å². The van der Waals surface area contributed by atoms with Crippen LogP contribution in [0.1, 0.15) is 70.3 Å². The number of rotatable bonds is 17. The van der Waals surface area contributed by atoms with Crippen LogP contribution in [-0.4, -0.2) is 39.4 Å². The Morgan fingerprint density at radius 2 is 1.47 bits per heavy atom. The van der Waals surface area contributed by atoms with Crippen molar-refractivity contribution in [2.45, 2.75) is 64.7 Å². The van der Waals surface area contributed by atoms with Gasteiger partial charge in [0.2, 0.25) is 0 Å². The molecular formula is C26H38O6. The zero-order valence-corrected chi connectivity index (χ0v) is 19.8. The molecule has 1 rings (SSSR count). The lowest BCUT2D eigenvalue weighted by Crippen LogP contribution is -2.05. The molecule has 0 aliphatic rings. The van der Waals surface area contributed by atoms with Crippen molar-refractivity contribution in [2.75, 3.05) is 27.4 Å². The van der Waals surface area contributed by atoms with Crippen molar-refractivity contribution in [1.29, 1.82) is 0 Å². The molecule has 0 unspecified atom stereocenters. The van der Waals surface area contributed by atoms with Crippen molar-refractivity contribution in [3.8, 4) is 11.5 Å². The topological polar surface area (TPSA) is 71.1 Å². The smallest absolute Gasteiger partial charge is 0.333 e. The van der Waals surface area contributed by atoms with Crippen LogP contribution in [0.15, 0.2) is 36.4 Å². The summed E-state index contributed by atoms with van der Waals surface area (Å²) in [5.41, 5.74) is 1.30. The largest absolute Gasteiger partial charge is 0.493 e. The van der Waals surface area contributed by atoms with E-state index in [2.05, 4.69) is 11.3 Å². The number of hydrogen-bond acceptors (Lipinski definition) is 6. The third-order valence-electron chi connectivity index (χ3n) is 4.93. The van der Waals surface area contributed by atoms with Crippen LogP contribution in [0, 0.1) is 0 Å². The molecule has 178 valence electrons. The van der Waals surface area contributed by atoms with Crippen LogP contribution in [0.5, 0.6) is 11.5 Å². The average Bonchev–Trinajstić information content (AvgIpc) is 2.80. The highest BCUT2D eigenvalue weighted by molar-refractivity contribution is 5.87. The van der Waals surface area contributed by atoms with Crippen LogP contribution in [-0.2, 0) is 19.1 Å². The lowest BCUT2D eigenvalue weighted by molar-refractivity contribution is -0.139. The summed E-state index contributed by atoms with van der Waals surface area (Å²) in [5.74, 6) is 0.659. The summed E-state index contributed by atoms with van der Waals surface area (Å²) >= 11 is 0. The lowest BCUT2D eigenvalue weighted by Gasteiger charge is -2.11. The van der Waals surface area contributed by atoms with E-state index in [1.807, 2.05) is 18.2 Å². The molecule has 1 aromatic carbocycles. The summed E-state index contributed by atoms with van der Waals surface area (Å²) in [4.78, 5) is 22.5. The van der Waals surface area contributed by atoms with Crippen molar-refractivity contribution in [2.24, 2.45) is 0 Å². The van der Waals surface area contributed by atoms with Crippen LogP contribution in [0.4, 0.5) is 0 Å². The second kappa shape index (κ2) is 16.9. The van der Waals surface area contributed by atoms with E-state index < -0.39 is 5.97 Å². The van der Waals surface area contributed by atoms with E-state index in [1.54, 1.807) is 20.1 Å². The molecule has 0 aliphatic carbocycles. The Morgan fingerprint density at radius 3 is 2.03 bits per heavy atom. The molecular weight excluding hydrogens is 408 g/mol. The maximum atomic E-state index is 11.3. The molecule has 1 aromatic rings. The molecule has 0 radical (unpaired) electrons. The van der Waals surface area contributed by atoms with Gasteiger partial charge in [-0.1, -0.05) is 57.6 Å². The van der Waals surface area contributed by atoms with E-state index in [0.717, 1.165) is 31.2 Å². The van der Waals surface area contributed by atoms with Crippen LogP contribution in [0.2, 0.25) is 0 Å². The van der Waals surface area contributed by atoms with E-state index in [9.17, 15) is 9.59 Å². The Balaban J connectivity index is 2.08. The number of unbranched alkanes of at least 4 members (excludes halogenated alkanes) is 8. The molecule has 0 saturated heterocycles. The Bertz CT molecular complexity index is 738. The number of hydrogen-bond donors (Lipinski definition) is 0. The van der Waals surface area contributed by atoms with E-state index in [0.29, 0.717) is 30.3 Å². The summed E-state index contributed by atoms with van der Waals surface area (Å²) in [5, 5.41) is 0. The molecule has 0 bridgehead atoms. The molecule has 0 heterocycles. The first-order valence-corrected chi connectivity index (χ1v) is 11.4. The molecule has 0 fully saturated rings. The first-order chi connectivity index (χ1) is 15.5. The van der Waals surface area contributed by atoms with Gasteiger partial charge >= 0.3 is 11.9 Å². The standard InChI is InChI=1S/C26H38O6/c1-21(2)26(28)32-19-13-11-9-7-5-6-8-10-12-18-31-23-16-14-22(20-24(23)29-3)15-17-25(27)30-4/h14-17,20H,1,5-13,18-19H2,2-4H3. The number of carbonyl (C=O) groups excluding carboxylic acids is 2. The van der Waals surface area contributed by atoms with Crippen LogP contribution < -0.4 is 9.47 Å². The molecule has 0 aromatic heterocycles. The highest BCUT2D eigenvalue weighted by Crippen LogP contribution is 2.28. The maximum Gasteiger partial charge on any atom is 0.333 e. The van der Waals surface area contributed by atoms with Crippen LogP contribution in [0.3, 0.4) is 0 Å². The minimum atomic E-state index is -0.397. The zero-order chi connectivity index (χ0) is 23.6. The quantitative estimate of drug-likeness (QED) is 0.169. The molecule has 6 heteroatoms. The van der Waals surface area contributed by atoms with E-state index >= 15 is 0 Å². The van der Waals surface area contributed by atoms with Gasteiger partial charge in [-0.05, 0) is 43.5 Å². The van der Waals surface area contributed by atoms with Crippen molar-refractivity contribution < 1.29 is 28.5 Å². The normalized spacial score (nSPS) is 10.7. The third-order valence-corrected chi connectivity index (χ3v) is 4.93. The Kier molecular flexibility index (Phi) is 14.4. The Hall–Kier alpha value is -2.76. The van der Waals surface area contributed by atoms with Crippen LogP contribution >= 0.6 is 0 Å². The average molecular weight is 447 g/mol. The van der Waals surface area contributed by atoms with Gasteiger partial charge in [-0.15, -0.1) is 0 Å². The van der Waals surface area contributed by atoms with E-state index in [-0.39, 0.29) is 5.97 Å². The number of methoxy groups -OCH3 is 2. The van der Waals surface area contributed by atoms with Crippen molar-refractivity contribution in [1.82, 2.24) is 0 Å². The predicted octanol–water partition coefficient (Wildman–Crippen LogP) is 5.89. The van der Waals surface area contributed by atoms with Crippen molar-refractivity contribution in [3.63, 3.8) is 0 Å². The molecule has 32 heavy (non-hydrogen) atoms.